The third-order valence-corrected chi connectivity index (χ3v) is 5.19. The van der Waals surface area contributed by atoms with Crippen LogP contribution in [0.3, 0.4) is 0 Å². The number of amides is 2. The molecule has 7 heteroatoms. The summed E-state index contributed by atoms with van der Waals surface area (Å²) in [6.07, 6.45) is 4.84. The summed E-state index contributed by atoms with van der Waals surface area (Å²) < 4.78 is 5.90. The van der Waals surface area contributed by atoms with E-state index in [1.54, 1.807) is 31.1 Å². The molecule has 0 spiro atoms. The number of nitrogens with zero attached hydrogens (tertiary/aromatic N) is 2. The van der Waals surface area contributed by atoms with Gasteiger partial charge in [-0.25, -0.2) is 4.98 Å². The van der Waals surface area contributed by atoms with Gasteiger partial charge in [-0.05, 0) is 37.6 Å². The van der Waals surface area contributed by atoms with Gasteiger partial charge in [-0.15, -0.1) is 0 Å². The molecule has 2 amide bonds. The maximum atomic E-state index is 12.6. The topological polar surface area (TPSA) is 87.5 Å². The lowest BCUT2D eigenvalue weighted by Gasteiger charge is -2.14. The summed E-state index contributed by atoms with van der Waals surface area (Å²) in [5, 5.41) is 7.01. The van der Waals surface area contributed by atoms with Crippen LogP contribution < -0.4 is 10.6 Å². The fourth-order valence-corrected chi connectivity index (χ4v) is 3.29. The van der Waals surface area contributed by atoms with E-state index in [2.05, 4.69) is 15.6 Å². The molecular weight excluding hydrogens is 380 g/mol. The number of aryl methyl sites for hydroxylation is 1. The lowest BCUT2D eigenvalue weighted by atomic mass is 10.1. The summed E-state index contributed by atoms with van der Waals surface area (Å²) in [5.74, 6) is 1.66. The molecular formula is C23H23N4O3. The van der Waals surface area contributed by atoms with E-state index in [1.807, 2.05) is 37.3 Å². The average Bonchev–Trinajstić information content (AvgIpc) is 2.98. The second kappa shape index (κ2) is 8.02. The molecule has 3 aromatic rings. The van der Waals surface area contributed by atoms with Gasteiger partial charge in [0.1, 0.15) is 11.3 Å². The monoisotopic (exact) mass is 403 g/mol. The molecule has 0 aliphatic carbocycles. The molecule has 30 heavy (non-hydrogen) atoms. The number of rotatable bonds is 4. The molecule has 1 aliphatic rings. The van der Waals surface area contributed by atoms with Crippen LogP contribution in [0, 0.1) is 12.8 Å². The number of hydrogen-bond donors (Lipinski definition) is 2. The highest BCUT2D eigenvalue weighted by Gasteiger charge is 2.20. The van der Waals surface area contributed by atoms with Crippen LogP contribution in [0.25, 0.3) is 17.0 Å². The molecule has 0 saturated heterocycles. The number of furan rings is 1. The van der Waals surface area contributed by atoms with Crippen molar-refractivity contribution in [3.63, 3.8) is 0 Å². The van der Waals surface area contributed by atoms with Crippen molar-refractivity contribution in [1.29, 1.82) is 0 Å². The molecule has 1 aromatic carbocycles. The van der Waals surface area contributed by atoms with Crippen LogP contribution in [-0.2, 0) is 16.1 Å². The van der Waals surface area contributed by atoms with Gasteiger partial charge in [0.2, 0.25) is 11.8 Å². The SMILES string of the molecule is C[C]1CNc2cc(/C=C/C(=O)N(C)Cc3oc4ccccc4c3C)cnc2NC1=O. The number of nitrogens with one attached hydrogen (secondary N) is 2. The molecule has 0 unspecified atom stereocenters. The maximum Gasteiger partial charge on any atom is 0.246 e. The van der Waals surface area contributed by atoms with Gasteiger partial charge >= 0.3 is 0 Å². The zero-order valence-electron chi connectivity index (χ0n) is 17.2. The Morgan fingerprint density at radius 2 is 2.10 bits per heavy atom. The molecule has 0 fully saturated rings. The van der Waals surface area contributed by atoms with Crippen molar-refractivity contribution in [2.24, 2.45) is 0 Å². The third-order valence-electron chi connectivity index (χ3n) is 5.19. The number of anilines is 2. The van der Waals surface area contributed by atoms with Crippen molar-refractivity contribution in [2.45, 2.75) is 20.4 Å². The van der Waals surface area contributed by atoms with E-state index in [0.29, 0.717) is 24.8 Å². The molecule has 2 N–H and O–H groups in total. The van der Waals surface area contributed by atoms with Crippen molar-refractivity contribution in [3.8, 4) is 0 Å². The lowest BCUT2D eigenvalue weighted by molar-refractivity contribution is -0.125. The van der Waals surface area contributed by atoms with Crippen molar-refractivity contribution >= 4 is 40.4 Å². The largest absolute Gasteiger partial charge is 0.459 e. The fourth-order valence-electron chi connectivity index (χ4n) is 3.29. The van der Waals surface area contributed by atoms with Gasteiger partial charge in [0, 0.05) is 36.8 Å². The standard InChI is InChI=1S/C23H23N4O3/c1-14-11-24-18-10-16(12-25-22(18)26-23(14)29)8-9-21(28)27(3)13-20-15(2)17-6-4-5-7-19(17)30-20/h4-10,12,24H,11,13H2,1-3H3,(H,25,26,29)/b9-8+. The summed E-state index contributed by atoms with van der Waals surface area (Å²) in [5.41, 5.74) is 3.35. The minimum absolute atomic E-state index is 0.143. The number of carbonyl (C=O) groups excluding carboxylic acids is 2. The fraction of sp³-hybridized carbons (Fsp3) is 0.217. The van der Waals surface area contributed by atoms with Crippen LogP contribution in [0.4, 0.5) is 11.5 Å². The first-order valence-electron chi connectivity index (χ1n) is 9.70. The van der Waals surface area contributed by atoms with E-state index in [4.69, 9.17) is 4.42 Å². The zero-order chi connectivity index (χ0) is 21.3. The molecule has 153 valence electrons. The Morgan fingerprint density at radius 3 is 2.90 bits per heavy atom. The predicted octanol–water partition coefficient (Wildman–Crippen LogP) is 3.77. The first-order chi connectivity index (χ1) is 14.4. The van der Waals surface area contributed by atoms with E-state index in [0.717, 1.165) is 33.5 Å². The first-order valence-corrected chi connectivity index (χ1v) is 9.70. The van der Waals surface area contributed by atoms with Gasteiger partial charge in [-0.2, -0.15) is 0 Å². The number of carbonyl (C=O) groups is 2. The summed E-state index contributed by atoms with van der Waals surface area (Å²) >= 11 is 0. The summed E-state index contributed by atoms with van der Waals surface area (Å²) in [6.45, 7) is 4.61. The number of para-hydroxylation sites is 1. The number of fused-ring (bicyclic) bond motifs is 2. The van der Waals surface area contributed by atoms with Crippen molar-refractivity contribution < 1.29 is 14.0 Å². The van der Waals surface area contributed by atoms with Gasteiger partial charge in [0.25, 0.3) is 0 Å². The van der Waals surface area contributed by atoms with E-state index < -0.39 is 0 Å². The highest BCUT2D eigenvalue weighted by atomic mass is 16.3. The first kappa shape index (κ1) is 19.7. The molecule has 1 aliphatic heterocycles. The molecule has 0 bridgehead atoms. The van der Waals surface area contributed by atoms with E-state index in [9.17, 15) is 9.59 Å². The minimum Gasteiger partial charge on any atom is -0.459 e. The molecule has 0 atom stereocenters. The van der Waals surface area contributed by atoms with Gasteiger partial charge in [0.05, 0.1) is 18.2 Å². The number of aromatic nitrogens is 1. The average molecular weight is 403 g/mol. The van der Waals surface area contributed by atoms with Gasteiger partial charge < -0.3 is 20.0 Å². The summed E-state index contributed by atoms with van der Waals surface area (Å²) in [6, 6.07) is 9.70. The Balaban J connectivity index is 1.45. The van der Waals surface area contributed by atoms with Crippen LogP contribution in [0.5, 0.6) is 0 Å². The number of likely N-dealkylation sites (N-methyl/N-ethyl adjacent to an activating group) is 1. The Morgan fingerprint density at radius 1 is 1.30 bits per heavy atom. The molecule has 2 aromatic heterocycles. The van der Waals surface area contributed by atoms with Crippen LogP contribution in [0.2, 0.25) is 0 Å². The lowest BCUT2D eigenvalue weighted by Crippen LogP contribution is -2.24. The smallest absolute Gasteiger partial charge is 0.246 e. The van der Waals surface area contributed by atoms with E-state index in [-0.39, 0.29) is 11.8 Å². The van der Waals surface area contributed by atoms with E-state index in [1.165, 1.54) is 6.08 Å². The van der Waals surface area contributed by atoms with Gasteiger partial charge in [-0.3, -0.25) is 9.59 Å². The van der Waals surface area contributed by atoms with Crippen molar-refractivity contribution in [2.75, 3.05) is 24.2 Å². The third kappa shape index (κ3) is 3.91. The Hall–Kier alpha value is -3.61. The summed E-state index contributed by atoms with van der Waals surface area (Å²) in [7, 11) is 1.74. The predicted molar refractivity (Wildman–Crippen MR) is 117 cm³/mol. The van der Waals surface area contributed by atoms with Crippen LogP contribution in [-0.4, -0.2) is 35.3 Å². The highest BCUT2D eigenvalue weighted by Crippen LogP contribution is 2.26. The normalized spacial score (nSPS) is 14.3. The number of hydrogen-bond acceptors (Lipinski definition) is 5. The molecule has 3 heterocycles. The highest BCUT2D eigenvalue weighted by molar-refractivity contribution is 6.04. The molecule has 4 rings (SSSR count). The van der Waals surface area contributed by atoms with Gasteiger partial charge in [-0.1, -0.05) is 18.2 Å². The van der Waals surface area contributed by atoms with E-state index >= 15 is 0 Å². The van der Waals surface area contributed by atoms with Crippen molar-refractivity contribution in [3.05, 3.63) is 65.4 Å². The number of benzene rings is 1. The Kier molecular flexibility index (Phi) is 5.27. The Labute approximate surface area is 174 Å². The van der Waals surface area contributed by atoms with Crippen LogP contribution >= 0.6 is 0 Å². The molecule has 1 radical (unpaired) electrons. The molecule has 7 nitrogen and oxygen atoms in total. The second-order valence-corrected chi connectivity index (χ2v) is 7.43. The summed E-state index contributed by atoms with van der Waals surface area (Å²) in [4.78, 5) is 30.4. The maximum absolute atomic E-state index is 12.6. The zero-order valence-corrected chi connectivity index (χ0v) is 17.2. The van der Waals surface area contributed by atoms with Crippen LogP contribution in [0.1, 0.15) is 23.8 Å². The quantitative estimate of drug-likeness (QED) is 0.648. The van der Waals surface area contributed by atoms with Crippen molar-refractivity contribution in [1.82, 2.24) is 9.88 Å². The molecule has 0 saturated carbocycles. The van der Waals surface area contributed by atoms with Gasteiger partial charge in [0.15, 0.2) is 5.82 Å². The number of pyridine rings is 1. The Bertz CT molecular complexity index is 1150. The minimum atomic E-state index is -0.144. The second-order valence-electron chi connectivity index (χ2n) is 7.43. The van der Waals surface area contributed by atoms with Crippen LogP contribution in [0.15, 0.2) is 47.0 Å².